The molecule has 0 unspecified atom stereocenters. The van der Waals surface area contributed by atoms with Crippen molar-refractivity contribution in [2.45, 2.75) is 50.6 Å². The normalized spacial score (nSPS) is 29.8. The number of aliphatic imine (C=N–C) groups is 1. The van der Waals surface area contributed by atoms with Gasteiger partial charge in [0.15, 0.2) is 17.4 Å². The zero-order chi connectivity index (χ0) is 19.3. The van der Waals surface area contributed by atoms with Crippen LogP contribution in [0, 0.1) is 0 Å². The van der Waals surface area contributed by atoms with E-state index in [1.54, 1.807) is 6.08 Å². The average molecular weight is 386 g/mol. The molecule has 2 rings (SSSR count). The lowest BCUT2D eigenvalue weighted by Crippen LogP contribution is -2.59. The van der Waals surface area contributed by atoms with Gasteiger partial charge in [0.25, 0.3) is 0 Å². The lowest BCUT2D eigenvalue weighted by molar-refractivity contribution is -0.208. The zero-order valence-corrected chi connectivity index (χ0v) is 15.6. The van der Waals surface area contributed by atoms with Gasteiger partial charge >= 0.3 is 17.9 Å². The van der Waals surface area contributed by atoms with Crippen molar-refractivity contribution in [3.63, 3.8) is 0 Å². The predicted molar refractivity (Wildman–Crippen MR) is 93.4 cm³/mol. The third-order valence-electron chi connectivity index (χ3n) is 3.56. The molecule has 9 nitrogen and oxygen atoms in total. The molecule has 144 valence electrons. The summed E-state index contributed by atoms with van der Waals surface area (Å²) in [5.74, 6) is -1.60. The Bertz CT molecular complexity index is 609. The Morgan fingerprint density at radius 2 is 1.85 bits per heavy atom. The second-order valence-electron chi connectivity index (χ2n) is 5.71. The summed E-state index contributed by atoms with van der Waals surface area (Å²) >= 11 is 1.32. The van der Waals surface area contributed by atoms with E-state index in [1.165, 1.54) is 32.5 Å². The summed E-state index contributed by atoms with van der Waals surface area (Å²) < 4.78 is 21.7. The molecule has 0 aromatic heterocycles. The molecule has 0 amide bonds. The molecule has 0 spiro atoms. The van der Waals surface area contributed by atoms with Gasteiger partial charge in [0.1, 0.15) is 24.2 Å². The Balaban J connectivity index is 2.26. The van der Waals surface area contributed by atoms with E-state index >= 15 is 0 Å². The Kier molecular flexibility index (Phi) is 7.04. The van der Waals surface area contributed by atoms with Crippen molar-refractivity contribution in [2.24, 2.45) is 4.99 Å². The van der Waals surface area contributed by atoms with E-state index < -0.39 is 47.7 Å². The van der Waals surface area contributed by atoms with Crippen LogP contribution in [0.4, 0.5) is 0 Å². The van der Waals surface area contributed by atoms with Gasteiger partial charge in [-0.25, -0.2) is 0 Å². The molecule has 0 aromatic rings. The number of carbonyl (C=O) groups excluding carboxylic acids is 3. The summed E-state index contributed by atoms with van der Waals surface area (Å²) in [7, 11) is 0. The molecule has 0 aliphatic carbocycles. The van der Waals surface area contributed by atoms with E-state index in [1.807, 2.05) is 0 Å². The summed E-state index contributed by atoms with van der Waals surface area (Å²) in [5, 5.41) is 3.67. The molecule has 0 aromatic carbocycles. The van der Waals surface area contributed by atoms with Gasteiger partial charge in [0.2, 0.25) is 0 Å². The molecule has 26 heavy (non-hydrogen) atoms. The Morgan fingerprint density at radius 3 is 2.42 bits per heavy atom. The molecule has 2 heterocycles. The number of thioether (sulfide) groups is 1. The van der Waals surface area contributed by atoms with E-state index in [9.17, 15) is 14.4 Å². The van der Waals surface area contributed by atoms with Gasteiger partial charge in [-0.1, -0.05) is 17.8 Å². The van der Waals surface area contributed by atoms with Gasteiger partial charge in [-0.3, -0.25) is 19.4 Å². The van der Waals surface area contributed by atoms with Gasteiger partial charge in [-0.05, 0) is 0 Å². The number of nitrogens with one attached hydrogen (secondary N) is 1. The monoisotopic (exact) mass is 386 g/mol. The number of carbonyl (C=O) groups is 3. The largest absolute Gasteiger partial charge is 0.463 e. The first-order chi connectivity index (χ1) is 12.3. The molecular weight excluding hydrogens is 364 g/mol. The van der Waals surface area contributed by atoms with Crippen molar-refractivity contribution in [3.8, 4) is 0 Å². The minimum atomic E-state index is -0.944. The number of hydrogen-bond donors (Lipinski definition) is 1. The van der Waals surface area contributed by atoms with Crippen LogP contribution in [0.1, 0.15) is 20.8 Å². The van der Waals surface area contributed by atoms with Crippen molar-refractivity contribution >= 4 is 34.8 Å². The summed E-state index contributed by atoms with van der Waals surface area (Å²) in [6.45, 7) is 7.77. The second kappa shape index (κ2) is 9.04. The highest BCUT2D eigenvalue weighted by atomic mass is 32.2. The van der Waals surface area contributed by atoms with Gasteiger partial charge in [-0.2, -0.15) is 0 Å². The number of hydrogen-bond acceptors (Lipinski definition) is 10. The number of amidine groups is 1. The molecule has 1 N–H and O–H groups in total. The summed E-state index contributed by atoms with van der Waals surface area (Å²) in [4.78, 5) is 38.8. The molecule has 2 aliphatic rings. The molecular formula is C16H22N2O7S. The van der Waals surface area contributed by atoms with Gasteiger partial charge in [-0.15, -0.1) is 6.58 Å². The number of esters is 3. The van der Waals surface area contributed by atoms with Crippen LogP contribution < -0.4 is 5.32 Å². The molecule has 0 radical (unpaired) electrons. The molecule has 10 heteroatoms. The van der Waals surface area contributed by atoms with Crippen molar-refractivity contribution in [1.29, 1.82) is 0 Å². The highest BCUT2D eigenvalue weighted by Crippen LogP contribution is 2.38. The Hall–Kier alpha value is -2.07. The minimum Gasteiger partial charge on any atom is -0.463 e. The number of nitrogens with zero attached hydrogens (tertiary/aromatic N) is 1. The summed E-state index contributed by atoms with van der Waals surface area (Å²) in [5.41, 5.74) is -0.473. The van der Waals surface area contributed by atoms with Crippen LogP contribution in [-0.4, -0.2) is 66.0 Å². The maximum absolute atomic E-state index is 11.6. The zero-order valence-electron chi connectivity index (χ0n) is 14.8. The molecule has 0 saturated carbocycles. The van der Waals surface area contributed by atoms with Crippen LogP contribution in [0.5, 0.6) is 0 Å². The molecule has 0 bridgehead atoms. The smallest absolute Gasteiger partial charge is 0.303 e. The van der Waals surface area contributed by atoms with E-state index in [-0.39, 0.29) is 6.61 Å². The van der Waals surface area contributed by atoms with E-state index in [0.29, 0.717) is 11.7 Å². The third-order valence-corrected chi connectivity index (χ3v) is 4.66. The van der Waals surface area contributed by atoms with Crippen LogP contribution >= 0.6 is 11.8 Å². The lowest BCUT2D eigenvalue weighted by atomic mass is 9.98. The highest BCUT2D eigenvalue weighted by molar-refractivity contribution is 8.14. The third kappa shape index (κ3) is 5.21. The standard InChI is InChI=1S/C16H22N2O7S/c1-5-6-17-16-18-12-14(24-10(4)21)13(23-9(3)20)11(7-22-8(2)19)25-15(12)26-16/h5,11-15H,1,6-7H2,2-4H3,(H,17,18)/t11-,12-,13-,14-,15-/m1/s1. The van der Waals surface area contributed by atoms with E-state index in [4.69, 9.17) is 18.9 Å². The number of rotatable bonds is 6. The fraction of sp³-hybridized carbons (Fsp3) is 0.625. The Morgan fingerprint density at radius 1 is 1.19 bits per heavy atom. The highest BCUT2D eigenvalue weighted by Gasteiger charge is 2.53. The second-order valence-corrected chi connectivity index (χ2v) is 6.79. The fourth-order valence-electron chi connectivity index (χ4n) is 2.64. The summed E-state index contributed by atoms with van der Waals surface area (Å²) in [6, 6.07) is -0.561. The molecule has 1 saturated heterocycles. The van der Waals surface area contributed by atoms with Crippen LogP contribution in [-0.2, 0) is 33.3 Å². The minimum absolute atomic E-state index is 0.135. The Labute approximate surface area is 155 Å². The van der Waals surface area contributed by atoms with Crippen LogP contribution in [0.15, 0.2) is 17.6 Å². The van der Waals surface area contributed by atoms with Crippen LogP contribution in [0.2, 0.25) is 0 Å². The number of ether oxygens (including phenoxy) is 4. The van der Waals surface area contributed by atoms with Crippen molar-refractivity contribution in [1.82, 2.24) is 5.32 Å². The van der Waals surface area contributed by atoms with Gasteiger partial charge in [0, 0.05) is 27.3 Å². The van der Waals surface area contributed by atoms with Crippen LogP contribution in [0.25, 0.3) is 0 Å². The van der Waals surface area contributed by atoms with E-state index in [0.717, 1.165) is 0 Å². The first-order valence-corrected chi connectivity index (χ1v) is 8.92. The van der Waals surface area contributed by atoms with Gasteiger partial charge in [0.05, 0.1) is 0 Å². The van der Waals surface area contributed by atoms with E-state index in [2.05, 4.69) is 16.9 Å². The van der Waals surface area contributed by atoms with Gasteiger partial charge < -0.3 is 24.3 Å². The average Bonchev–Trinajstić information content (AvgIpc) is 2.95. The first-order valence-electron chi connectivity index (χ1n) is 8.04. The van der Waals surface area contributed by atoms with Crippen molar-refractivity contribution < 1.29 is 33.3 Å². The first kappa shape index (κ1) is 20.2. The topological polar surface area (TPSA) is 113 Å². The quantitative estimate of drug-likeness (QED) is 0.393. The SMILES string of the molecule is C=CCNC1=N[C@@H]2[C@@H](OC(C)=O)[C@H](OC(C)=O)[C@@H](COC(C)=O)O[C@@H]2S1. The summed E-state index contributed by atoms with van der Waals surface area (Å²) in [6.07, 6.45) is -0.901. The number of fused-ring (bicyclic) bond motifs is 1. The fourth-order valence-corrected chi connectivity index (χ4v) is 3.76. The van der Waals surface area contributed by atoms with Crippen LogP contribution in [0.3, 0.4) is 0 Å². The van der Waals surface area contributed by atoms with Crippen molar-refractivity contribution in [2.75, 3.05) is 13.2 Å². The molecule has 1 fully saturated rings. The lowest BCUT2D eigenvalue weighted by Gasteiger charge is -2.41. The maximum atomic E-state index is 11.6. The molecule has 5 atom stereocenters. The predicted octanol–water partition coefficient (Wildman–Crippen LogP) is 0.385. The van der Waals surface area contributed by atoms with Crippen molar-refractivity contribution in [3.05, 3.63) is 12.7 Å². The molecule has 2 aliphatic heterocycles. The maximum Gasteiger partial charge on any atom is 0.303 e.